The maximum Gasteiger partial charge on any atom is 0.121 e. The Morgan fingerprint density at radius 2 is 1.23 bits per heavy atom. The van der Waals surface area contributed by atoms with Crippen molar-refractivity contribution < 1.29 is 24.5 Å². The Morgan fingerprint density at radius 1 is 0.576 bits per heavy atom. The maximum atomic E-state index is 6.91. The van der Waals surface area contributed by atoms with Crippen molar-refractivity contribution in [2.75, 3.05) is 0 Å². The summed E-state index contributed by atoms with van der Waals surface area (Å²) in [5.74, 6) is 1.25. The molecule has 0 atom stereocenters. The normalized spacial score (nSPS) is 11.5. The van der Waals surface area contributed by atoms with Gasteiger partial charge in [0.2, 0.25) is 0 Å². The number of hydrogen-bond acceptors (Lipinski definition) is 4. The summed E-state index contributed by atoms with van der Waals surface area (Å²) in [5.41, 5.74) is 15.6. The van der Waals surface area contributed by atoms with Gasteiger partial charge in [-0.15, -0.1) is 48.0 Å². The summed E-state index contributed by atoms with van der Waals surface area (Å²) in [6.45, 7) is 9.11. The largest absolute Gasteiger partial charge is 0.500 e. The van der Waals surface area contributed by atoms with Crippen molar-refractivity contribution in [2.24, 2.45) is 0 Å². The molecule has 5 aromatic heterocycles. The molecular formula is C59H45IrN5O-2. The number of pyridine rings is 2. The summed E-state index contributed by atoms with van der Waals surface area (Å²) in [6.07, 6.45) is 5.55. The van der Waals surface area contributed by atoms with E-state index in [4.69, 9.17) is 9.40 Å². The van der Waals surface area contributed by atoms with Crippen molar-refractivity contribution >= 4 is 54.8 Å². The Hall–Kier alpha value is -7.44. The summed E-state index contributed by atoms with van der Waals surface area (Å²) in [7, 11) is 0. The van der Waals surface area contributed by atoms with E-state index in [1.165, 1.54) is 33.0 Å². The predicted molar refractivity (Wildman–Crippen MR) is 267 cm³/mol. The van der Waals surface area contributed by atoms with Gasteiger partial charge in [0.15, 0.2) is 0 Å². The molecule has 0 amide bonds. The third-order valence-corrected chi connectivity index (χ3v) is 12.3. The molecule has 0 aliphatic heterocycles. The molecule has 7 aromatic carbocycles. The van der Waals surface area contributed by atoms with Crippen LogP contribution in [0.3, 0.4) is 0 Å². The molecule has 0 saturated heterocycles. The van der Waals surface area contributed by atoms with E-state index in [0.717, 1.165) is 78.0 Å². The minimum atomic E-state index is 0. The summed E-state index contributed by atoms with van der Waals surface area (Å²) in [6, 6.07) is 65.7. The van der Waals surface area contributed by atoms with Gasteiger partial charge >= 0.3 is 0 Å². The van der Waals surface area contributed by atoms with Crippen LogP contribution in [0.2, 0.25) is 0 Å². The van der Waals surface area contributed by atoms with E-state index in [0.29, 0.717) is 0 Å². The second kappa shape index (κ2) is 17.9. The monoisotopic (exact) mass is 1030 g/mol. The van der Waals surface area contributed by atoms with Crippen LogP contribution in [-0.4, -0.2) is 24.1 Å². The second-order valence-corrected chi connectivity index (χ2v) is 17.0. The van der Waals surface area contributed by atoms with Crippen LogP contribution >= 0.6 is 0 Å². The summed E-state index contributed by atoms with van der Waals surface area (Å²) in [4.78, 5) is 14.2. The number of benzene rings is 7. The molecule has 0 N–H and O–H groups in total. The number of fused-ring (bicyclic) bond motifs is 7. The number of para-hydroxylation sites is 3. The van der Waals surface area contributed by atoms with E-state index in [9.17, 15) is 0 Å². The third-order valence-electron chi connectivity index (χ3n) is 12.3. The Labute approximate surface area is 397 Å². The van der Waals surface area contributed by atoms with Crippen molar-refractivity contribution in [3.05, 3.63) is 212 Å². The van der Waals surface area contributed by atoms with E-state index in [1.807, 2.05) is 67.0 Å². The number of hydrogen-bond donors (Lipinski definition) is 0. The molecule has 0 bridgehead atoms. The van der Waals surface area contributed by atoms with E-state index < -0.39 is 0 Å². The van der Waals surface area contributed by atoms with Gasteiger partial charge in [-0.05, 0) is 93.3 Å². The molecular weight excluding hydrogens is 987 g/mol. The van der Waals surface area contributed by atoms with Crippen LogP contribution in [0.15, 0.2) is 193 Å². The van der Waals surface area contributed by atoms with Crippen LogP contribution in [-0.2, 0) is 20.1 Å². The molecule has 12 rings (SSSR count). The van der Waals surface area contributed by atoms with Gasteiger partial charge in [-0.1, -0.05) is 130 Å². The quantitative estimate of drug-likeness (QED) is 0.149. The standard InChI is InChI=1S/C48H37N4O.C11H8N.Ir/c1-29(2)37-26-32(31-14-6-5-7-15-31)27-38(30(3)4)46(37)52-43-28-49-25-24-39(43)50-48(52)36-22-23-42(45-35-18-10-13-21-44(35)53-47(36)45)51-40-19-11-8-16-33(40)34-17-9-12-20-41(34)51;1-2-6-10(7-3-1)11-8-4-5-9-12-11;/h5-21,23-30H,1-4H3;1-6,8-9H;/q2*-1;. The van der Waals surface area contributed by atoms with Crippen molar-refractivity contribution in [3.8, 4) is 45.1 Å². The SMILES string of the molecule is CC(C)c1cc(-c2ccccc2)cc(C(C)C)c1-n1c(-c2[c-]cc(-n3c4ccccc4c4ccccc43)c3c2oc2ccccc23)nc2ccncc21.[Ir].[c-]1ccccc1-c1ccccn1. The minimum Gasteiger partial charge on any atom is -0.500 e. The number of nitrogens with zero attached hydrogens (tertiary/aromatic N) is 5. The van der Waals surface area contributed by atoms with Crippen molar-refractivity contribution in [1.82, 2.24) is 24.1 Å². The molecule has 66 heavy (non-hydrogen) atoms. The molecule has 0 saturated carbocycles. The second-order valence-electron chi connectivity index (χ2n) is 17.0. The van der Waals surface area contributed by atoms with Gasteiger partial charge in [-0.25, -0.2) is 0 Å². The molecule has 0 unspecified atom stereocenters. The molecule has 0 fully saturated rings. The summed E-state index contributed by atoms with van der Waals surface area (Å²) >= 11 is 0. The molecule has 0 aliphatic carbocycles. The molecule has 0 aliphatic rings. The fraction of sp³-hybridized carbons (Fsp3) is 0.102. The van der Waals surface area contributed by atoms with Gasteiger partial charge in [0.1, 0.15) is 5.58 Å². The first kappa shape index (κ1) is 42.5. The van der Waals surface area contributed by atoms with Crippen molar-refractivity contribution in [1.29, 1.82) is 0 Å². The first-order valence-corrected chi connectivity index (χ1v) is 22.2. The number of rotatable bonds is 7. The number of furan rings is 1. The van der Waals surface area contributed by atoms with Gasteiger partial charge in [-0.3, -0.25) is 9.97 Å². The van der Waals surface area contributed by atoms with Gasteiger partial charge in [0.05, 0.1) is 28.6 Å². The Balaban J connectivity index is 0.000000342. The molecule has 7 heteroatoms. The first-order valence-electron chi connectivity index (χ1n) is 22.2. The zero-order chi connectivity index (χ0) is 44.0. The summed E-state index contributed by atoms with van der Waals surface area (Å²) < 4.78 is 11.6. The van der Waals surface area contributed by atoms with Gasteiger partial charge in [0.25, 0.3) is 0 Å². The maximum absolute atomic E-state index is 6.91. The average Bonchev–Trinajstić information content (AvgIpc) is 4.05. The molecule has 6 nitrogen and oxygen atoms in total. The van der Waals surface area contributed by atoms with Gasteiger partial charge in [-0.2, -0.15) is 0 Å². The van der Waals surface area contributed by atoms with Gasteiger partial charge < -0.3 is 18.5 Å². The van der Waals surface area contributed by atoms with E-state index >= 15 is 0 Å². The molecule has 1 radical (unpaired) electrons. The fourth-order valence-electron chi connectivity index (χ4n) is 9.29. The summed E-state index contributed by atoms with van der Waals surface area (Å²) in [5, 5.41) is 4.51. The number of aromatic nitrogens is 5. The molecule has 323 valence electrons. The van der Waals surface area contributed by atoms with Crippen molar-refractivity contribution in [2.45, 2.75) is 39.5 Å². The van der Waals surface area contributed by atoms with Crippen LogP contribution in [0.25, 0.3) is 99.9 Å². The van der Waals surface area contributed by atoms with E-state index in [2.05, 4.69) is 174 Å². The Bertz CT molecular complexity index is 3540. The van der Waals surface area contributed by atoms with Crippen LogP contribution in [0.1, 0.15) is 50.7 Å². The van der Waals surface area contributed by atoms with Gasteiger partial charge in [0, 0.05) is 65.4 Å². The molecule has 12 aromatic rings. The Kier molecular flexibility index (Phi) is 11.5. The molecule has 5 heterocycles. The smallest absolute Gasteiger partial charge is 0.121 e. The zero-order valence-electron chi connectivity index (χ0n) is 37.0. The van der Waals surface area contributed by atoms with Crippen LogP contribution in [0.4, 0.5) is 0 Å². The van der Waals surface area contributed by atoms with E-state index in [1.54, 1.807) is 6.20 Å². The first-order chi connectivity index (χ1) is 31.9. The average molecular weight is 1030 g/mol. The van der Waals surface area contributed by atoms with Crippen LogP contribution < -0.4 is 0 Å². The van der Waals surface area contributed by atoms with E-state index in [-0.39, 0.29) is 31.9 Å². The minimum absolute atomic E-state index is 0. The van der Waals surface area contributed by atoms with Crippen LogP contribution in [0, 0.1) is 12.1 Å². The topological polar surface area (TPSA) is 61.7 Å². The predicted octanol–water partition coefficient (Wildman–Crippen LogP) is 15.3. The van der Waals surface area contributed by atoms with Crippen molar-refractivity contribution in [3.63, 3.8) is 0 Å². The number of imidazole rings is 1. The molecule has 0 spiro atoms. The van der Waals surface area contributed by atoms with Crippen LogP contribution in [0.5, 0.6) is 0 Å². The Morgan fingerprint density at radius 3 is 1.89 bits per heavy atom. The fourth-order valence-corrected chi connectivity index (χ4v) is 9.29. The zero-order valence-corrected chi connectivity index (χ0v) is 39.4. The third kappa shape index (κ3) is 7.40.